The topological polar surface area (TPSA) is 121 Å². The van der Waals surface area contributed by atoms with E-state index < -0.39 is 10.8 Å². The van der Waals surface area contributed by atoms with Crippen molar-refractivity contribution in [2.75, 3.05) is 5.32 Å². The number of aromatic nitrogens is 2. The minimum absolute atomic E-state index is 0.0850. The second-order valence-electron chi connectivity index (χ2n) is 7.57. The Morgan fingerprint density at radius 2 is 1.88 bits per heavy atom. The van der Waals surface area contributed by atoms with Gasteiger partial charge in [-0.1, -0.05) is 32.0 Å². The normalized spacial score (nSPS) is 21.0. The zero-order chi connectivity index (χ0) is 18.6. The molecule has 0 bridgehead atoms. The Hall–Kier alpha value is -3.16. The smallest absolute Gasteiger partial charge is 0.273 e. The van der Waals surface area contributed by atoms with Gasteiger partial charge in [0.15, 0.2) is 5.78 Å². The van der Waals surface area contributed by atoms with Crippen LogP contribution in [-0.2, 0) is 4.79 Å². The van der Waals surface area contributed by atoms with E-state index in [1.54, 1.807) is 18.2 Å². The van der Waals surface area contributed by atoms with Crippen molar-refractivity contribution in [1.29, 1.82) is 0 Å². The van der Waals surface area contributed by atoms with E-state index in [1.807, 2.05) is 13.8 Å². The molecule has 8 nitrogen and oxygen atoms in total. The largest absolute Gasteiger partial charge is 0.343 e. The van der Waals surface area contributed by atoms with Crippen LogP contribution in [-0.4, -0.2) is 20.9 Å². The number of ketones is 1. The van der Waals surface area contributed by atoms with Crippen LogP contribution in [0.1, 0.15) is 43.7 Å². The van der Waals surface area contributed by atoms with E-state index in [9.17, 15) is 19.7 Å². The van der Waals surface area contributed by atoms with Crippen molar-refractivity contribution in [2.24, 2.45) is 5.41 Å². The number of H-pyrrole nitrogens is 2. The SMILES string of the molecule is CC1(C)CC(=O)C2=C(C1)Nc1[nH][nH]c(=O)c1[C@@H]2c1ccccc1[N+](=O)[O-]. The summed E-state index contributed by atoms with van der Waals surface area (Å²) in [7, 11) is 0. The maximum absolute atomic E-state index is 13.0. The highest BCUT2D eigenvalue weighted by Crippen LogP contribution is 2.48. The van der Waals surface area contributed by atoms with Gasteiger partial charge < -0.3 is 5.32 Å². The first-order valence-electron chi connectivity index (χ1n) is 8.35. The molecule has 0 saturated heterocycles. The highest BCUT2D eigenvalue weighted by molar-refractivity contribution is 6.01. The van der Waals surface area contributed by atoms with Crippen molar-refractivity contribution in [3.05, 3.63) is 67.1 Å². The first-order chi connectivity index (χ1) is 12.3. The maximum Gasteiger partial charge on any atom is 0.273 e. The summed E-state index contributed by atoms with van der Waals surface area (Å²) in [6.45, 7) is 4.01. The Morgan fingerprint density at radius 3 is 2.62 bits per heavy atom. The van der Waals surface area contributed by atoms with Gasteiger partial charge in [-0.3, -0.25) is 29.9 Å². The zero-order valence-corrected chi connectivity index (χ0v) is 14.4. The molecule has 0 saturated carbocycles. The van der Waals surface area contributed by atoms with Crippen LogP contribution in [0, 0.1) is 15.5 Å². The number of nitrogens with zero attached hydrogens (tertiary/aromatic N) is 1. The standard InChI is InChI=1S/C18H18N4O4/c1-18(2)7-10-14(12(23)8-18)13(15-16(19-10)20-21-17(15)24)9-5-3-4-6-11(9)22(25)26/h3-6,13H,7-8H2,1-2H3,(H3,19,20,21,24)/t13-/m1/s1. The van der Waals surface area contributed by atoms with Crippen LogP contribution in [0.2, 0.25) is 0 Å². The Morgan fingerprint density at radius 1 is 1.15 bits per heavy atom. The lowest BCUT2D eigenvalue weighted by molar-refractivity contribution is -0.385. The molecule has 1 aliphatic heterocycles. The summed E-state index contributed by atoms with van der Waals surface area (Å²) in [5.74, 6) is -0.387. The van der Waals surface area contributed by atoms with E-state index in [4.69, 9.17) is 0 Å². The number of nitro benzene ring substituents is 1. The van der Waals surface area contributed by atoms with Gasteiger partial charge in [-0.05, 0) is 11.8 Å². The van der Waals surface area contributed by atoms with E-state index in [0.717, 1.165) is 5.70 Å². The van der Waals surface area contributed by atoms with Crippen molar-refractivity contribution in [3.8, 4) is 0 Å². The number of hydrogen-bond acceptors (Lipinski definition) is 5. The number of para-hydroxylation sites is 1. The molecular formula is C18H18N4O4. The highest BCUT2D eigenvalue weighted by atomic mass is 16.6. The third-order valence-electron chi connectivity index (χ3n) is 5.03. The molecule has 0 spiro atoms. The monoisotopic (exact) mass is 354 g/mol. The molecule has 0 radical (unpaired) electrons. The Balaban J connectivity index is 2.01. The van der Waals surface area contributed by atoms with Gasteiger partial charge in [0.2, 0.25) is 0 Å². The van der Waals surface area contributed by atoms with E-state index in [1.165, 1.54) is 6.07 Å². The van der Waals surface area contributed by atoms with Gasteiger partial charge in [0.25, 0.3) is 11.2 Å². The predicted octanol–water partition coefficient (Wildman–Crippen LogP) is 2.81. The van der Waals surface area contributed by atoms with Gasteiger partial charge in [-0.15, -0.1) is 0 Å². The highest BCUT2D eigenvalue weighted by Gasteiger charge is 2.44. The van der Waals surface area contributed by atoms with Crippen molar-refractivity contribution in [1.82, 2.24) is 10.2 Å². The summed E-state index contributed by atoms with van der Waals surface area (Å²) in [6, 6.07) is 6.27. The van der Waals surface area contributed by atoms with Gasteiger partial charge in [0.1, 0.15) is 5.82 Å². The predicted molar refractivity (Wildman–Crippen MR) is 95.0 cm³/mol. The maximum atomic E-state index is 13.0. The van der Waals surface area contributed by atoms with Crippen LogP contribution >= 0.6 is 0 Å². The summed E-state index contributed by atoms with van der Waals surface area (Å²) < 4.78 is 0. The van der Waals surface area contributed by atoms with E-state index in [-0.39, 0.29) is 22.4 Å². The molecule has 134 valence electrons. The summed E-state index contributed by atoms with van der Waals surface area (Å²) in [6.07, 6.45) is 0.958. The molecule has 0 unspecified atom stereocenters. The molecule has 3 N–H and O–H groups in total. The molecule has 1 atom stereocenters. The quantitative estimate of drug-likeness (QED) is 0.565. The Labute approximate surface area is 148 Å². The number of carbonyl (C=O) groups is 1. The number of nitro groups is 1. The summed E-state index contributed by atoms with van der Waals surface area (Å²) in [4.78, 5) is 36.4. The van der Waals surface area contributed by atoms with Crippen LogP contribution in [0.25, 0.3) is 0 Å². The van der Waals surface area contributed by atoms with Crippen LogP contribution in [0.4, 0.5) is 11.5 Å². The zero-order valence-electron chi connectivity index (χ0n) is 14.4. The molecule has 1 aromatic heterocycles. The number of hydrogen-bond donors (Lipinski definition) is 3. The van der Waals surface area contributed by atoms with Gasteiger partial charge >= 0.3 is 0 Å². The van der Waals surface area contributed by atoms with Gasteiger partial charge in [-0.2, -0.15) is 0 Å². The minimum atomic E-state index is -0.763. The molecule has 1 aromatic carbocycles. The molecule has 0 amide bonds. The molecule has 8 heteroatoms. The molecule has 26 heavy (non-hydrogen) atoms. The molecule has 2 aliphatic rings. The molecule has 1 aliphatic carbocycles. The third-order valence-corrected chi connectivity index (χ3v) is 5.03. The summed E-state index contributed by atoms with van der Waals surface area (Å²) in [5.41, 5.74) is 1.13. The molecule has 0 fully saturated rings. The summed E-state index contributed by atoms with van der Waals surface area (Å²) >= 11 is 0. The van der Waals surface area contributed by atoms with Gasteiger partial charge in [-0.25, -0.2) is 0 Å². The number of allylic oxidation sites excluding steroid dienone is 2. The minimum Gasteiger partial charge on any atom is -0.343 e. The van der Waals surface area contributed by atoms with Crippen LogP contribution in [0.3, 0.4) is 0 Å². The van der Waals surface area contributed by atoms with Crippen molar-refractivity contribution in [3.63, 3.8) is 0 Å². The number of fused-ring (bicyclic) bond motifs is 1. The lowest BCUT2D eigenvalue weighted by Gasteiger charge is -2.37. The van der Waals surface area contributed by atoms with Crippen molar-refractivity contribution < 1.29 is 9.72 Å². The third kappa shape index (κ3) is 2.37. The van der Waals surface area contributed by atoms with E-state index in [0.29, 0.717) is 35.4 Å². The van der Waals surface area contributed by atoms with Gasteiger partial charge in [0.05, 0.1) is 16.4 Å². The first kappa shape index (κ1) is 16.3. The molecule has 2 aromatic rings. The number of rotatable bonds is 2. The number of carbonyl (C=O) groups excluding carboxylic acids is 1. The number of benzene rings is 1. The summed E-state index contributed by atoms with van der Waals surface area (Å²) in [5, 5.41) is 20.0. The number of anilines is 1. The molecular weight excluding hydrogens is 336 g/mol. The molecule has 2 heterocycles. The average Bonchev–Trinajstić information content (AvgIpc) is 2.92. The first-order valence-corrected chi connectivity index (χ1v) is 8.35. The van der Waals surface area contributed by atoms with Gasteiger partial charge in [0, 0.05) is 29.3 Å². The molecule has 4 rings (SSSR count). The fourth-order valence-electron chi connectivity index (χ4n) is 4.03. The fraction of sp³-hybridized carbons (Fsp3) is 0.333. The van der Waals surface area contributed by atoms with Crippen LogP contribution < -0.4 is 10.9 Å². The van der Waals surface area contributed by atoms with Crippen molar-refractivity contribution >= 4 is 17.3 Å². The van der Waals surface area contributed by atoms with Crippen molar-refractivity contribution in [2.45, 2.75) is 32.6 Å². The Bertz CT molecular complexity index is 1030. The Kier molecular flexibility index (Phi) is 3.40. The van der Waals surface area contributed by atoms with Crippen LogP contribution in [0.15, 0.2) is 40.3 Å². The fourth-order valence-corrected chi connectivity index (χ4v) is 4.03. The lowest BCUT2D eigenvalue weighted by Crippen LogP contribution is -2.35. The number of nitrogens with one attached hydrogen (secondary N) is 3. The van der Waals surface area contributed by atoms with Crippen LogP contribution in [0.5, 0.6) is 0 Å². The number of Topliss-reactive ketones (excluding diaryl/α,β-unsaturated/α-hetero) is 1. The van der Waals surface area contributed by atoms with E-state index >= 15 is 0 Å². The average molecular weight is 354 g/mol. The second kappa shape index (κ2) is 5.42. The van der Waals surface area contributed by atoms with E-state index in [2.05, 4.69) is 15.5 Å². The second-order valence-corrected chi connectivity index (χ2v) is 7.57. The number of aromatic amines is 2. The lowest BCUT2D eigenvalue weighted by atomic mass is 9.69.